The van der Waals surface area contributed by atoms with Crippen LogP contribution in [0.15, 0.2) is 18.3 Å². The van der Waals surface area contributed by atoms with E-state index >= 15 is 0 Å². The Labute approximate surface area is 100 Å². The average molecular weight is 235 g/mol. The minimum absolute atomic E-state index is 0.0456. The minimum Gasteiger partial charge on any atom is -0.390 e. The van der Waals surface area contributed by atoms with E-state index in [0.29, 0.717) is 11.5 Å². The van der Waals surface area contributed by atoms with Gasteiger partial charge in [0.1, 0.15) is 5.82 Å². The van der Waals surface area contributed by atoms with Gasteiger partial charge in [0.2, 0.25) is 5.91 Å². The van der Waals surface area contributed by atoms with Crippen LogP contribution in [0.4, 0.5) is 11.5 Å². The fourth-order valence-electron chi connectivity index (χ4n) is 1.98. The van der Waals surface area contributed by atoms with Crippen LogP contribution in [0.1, 0.15) is 20.3 Å². The third-order valence-electron chi connectivity index (χ3n) is 3.09. The van der Waals surface area contributed by atoms with Crippen molar-refractivity contribution >= 4 is 17.4 Å². The molecule has 92 valence electrons. The Morgan fingerprint density at radius 3 is 2.76 bits per heavy atom. The molecule has 0 radical (unpaired) electrons. The lowest BCUT2D eigenvalue weighted by molar-refractivity contribution is -0.118. The summed E-state index contributed by atoms with van der Waals surface area (Å²) in [6.07, 6.45) is 2.26. The molecule has 1 aliphatic carbocycles. The zero-order valence-corrected chi connectivity index (χ0v) is 9.97. The lowest BCUT2D eigenvalue weighted by Gasteiger charge is -2.16. The molecule has 2 atom stereocenters. The normalized spacial score (nSPS) is 23.2. The second kappa shape index (κ2) is 4.00. The number of hydrogen-bond acceptors (Lipinski definition) is 4. The topological polar surface area (TPSA) is 88.2 Å². The van der Waals surface area contributed by atoms with Gasteiger partial charge in [0.05, 0.1) is 17.5 Å². The van der Waals surface area contributed by atoms with Gasteiger partial charge in [-0.15, -0.1) is 0 Å². The fraction of sp³-hybridized carbons (Fsp3) is 0.500. The molecule has 1 aliphatic rings. The summed E-state index contributed by atoms with van der Waals surface area (Å²) in [5.74, 6) is 0.296. The third kappa shape index (κ3) is 2.74. The predicted molar refractivity (Wildman–Crippen MR) is 65.2 cm³/mol. The maximum atomic E-state index is 11.8. The summed E-state index contributed by atoms with van der Waals surface area (Å²) in [4.78, 5) is 15.7. The second-order valence-electron chi connectivity index (χ2n) is 5.06. The first-order valence-electron chi connectivity index (χ1n) is 5.62. The average Bonchev–Trinajstić information content (AvgIpc) is 3.00. The number of pyridine rings is 1. The van der Waals surface area contributed by atoms with Crippen molar-refractivity contribution < 1.29 is 9.90 Å². The molecule has 0 aromatic carbocycles. The van der Waals surface area contributed by atoms with Crippen molar-refractivity contribution in [2.24, 2.45) is 11.8 Å². The molecular weight excluding hydrogens is 218 g/mol. The summed E-state index contributed by atoms with van der Waals surface area (Å²) in [6, 6.07) is 3.34. The van der Waals surface area contributed by atoms with E-state index in [2.05, 4.69) is 10.3 Å². The number of amides is 1. The Morgan fingerprint density at radius 2 is 2.29 bits per heavy atom. The van der Waals surface area contributed by atoms with Crippen LogP contribution < -0.4 is 11.1 Å². The molecule has 0 saturated heterocycles. The maximum absolute atomic E-state index is 11.8. The molecule has 5 heteroatoms. The zero-order chi connectivity index (χ0) is 12.6. The van der Waals surface area contributed by atoms with Crippen molar-refractivity contribution in [1.29, 1.82) is 0 Å². The van der Waals surface area contributed by atoms with Crippen LogP contribution in [0.5, 0.6) is 0 Å². The number of rotatable bonds is 3. The largest absolute Gasteiger partial charge is 0.390 e. The highest BCUT2D eigenvalue weighted by atomic mass is 16.3. The highest BCUT2D eigenvalue weighted by Crippen LogP contribution is 2.46. The number of aliphatic hydroxyl groups is 1. The van der Waals surface area contributed by atoms with Gasteiger partial charge < -0.3 is 16.2 Å². The number of nitrogens with one attached hydrogen (secondary N) is 1. The van der Waals surface area contributed by atoms with Crippen LogP contribution in [-0.2, 0) is 4.79 Å². The molecule has 1 saturated carbocycles. The SMILES string of the molecule is CC(C)(O)[C@@H]1C[C@H]1C(=O)Nc1ccc(N)nc1. The van der Waals surface area contributed by atoms with Crippen molar-refractivity contribution in [3.63, 3.8) is 0 Å². The number of carbonyl (C=O) groups is 1. The first-order chi connectivity index (χ1) is 7.88. The summed E-state index contributed by atoms with van der Waals surface area (Å²) in [7, 11) is 0. The Morgan fingerprint density at radius 1 is 1.59 bits per heavy atom. The summed E-state index contributed by atoms with van der Waals surface area (Å²) >= 11 is 0. The number of aromatic nitrogens is 1. The first kappa shape index (κ1) is 11.9. The Balaban J connectivity index is 1.93. The molecule has 5 nitrogen and oxygen atoms in total. The second-order valence-corrected chi connectivity index (χ2v) is 5.06. The first-order valence-corrected chi connectivity index (χ1v) is 5.62. The summed E-state index contributed by atoms with van der Waals surface area (Å²) in [5.41, 5.74) is 5.29. The summed E-state index contributed by atoms with van der Waals surface area (Å²) in [5, 5.41) is 12.5. The van der Waals surface area contributed by atoms with Gasteiger partial charge in [-0.25, -0.2) is 4.98 Å². The van der Waals surface area contributed by atoms with Gasteiger partial charge in [0, 0.05) is 5.92 Å². The smallest absolute Gasteiger partial charge is 0.227 e. The van der Waals surface area contributed by atoms with E-state index in [1.807, 2.05) is 0 Å². The zero-order valence-electron chi connectivity index (χ0n) is 9.97. The molecule has 0 spiro atoms. The molecule has 0 bridgehead atoms. The molecule has 1 heterocycles. The van der Waals surface area contributed by atoms with E-state index in [1.165, 1.54) is 6.20 Å². The number of hydrogen-bond donors (Lipinski definition) is 3. The van der Waals surface area contributed by atoms with Gasteiger partial charge in [-0.2, -0.15) is 0 Å². The van der Waals surface area contributed by atoms with Crippen LogP contribution in [0.3, 0.4) is 0 Å². The monoisotopic (exact) mass is 235 g/mol. The molecule has 4 N–H and O–H groups in total. The predicted octanol–water partition coefficient (Wildman–Crippen LogP) is 1.01. The number of anilines is 2. The molecule has 1 aromatic heterocycles. The van der Waals surface area contributed by atoms with Crippen LogP contribution in [-0.4, -0.2) is 21.6 Å². The van der Waals surface area contributed by atoms with E-state index in [1.54, 1.807) is 26.0 Å². The molecular formula is C12H17N3O2. The molecule has 0 unspecified atom stereocenters. The fourth-order valence-corrected chi connectivity index (χ4v) is 1.98. The van der Waals surface area contributed by atoms with Crippen LogP contribution in [0.25, 0.3) is 0 Å². The number of nitrogens with two attached hydrogens (primary N) is 1. The minimum atomic E-state index is -0.790. The lowest BCUT2D eigenvalue weighted by Crippen LogP contribution is -2.26. The van der Waals surface area contributed by atoms with Crippen LogP contribution in [0, 0.1) is 11.8 Å². The van der Waals surface area contributed by atoms with Crippen LogP contribution in [0.2, 0.25) is 0 Å². The molecule has 1 amide bonds. The van der Waals surface area contributed by atoms with Gasteiger partial charge >= 0.3 is 0 Å². The highest BCUT2D eigenvalue weighted by molar-refractivity contribution is 5.94. The van der Waals surface area contributed by atoms with Gasteiger partial charge in [0.25, 0.3) is 0 Å². The summed E-state index contributed by atoms with van der Waals surface area (Å²) < 4.78 is 0. The Hall–Kier alpha value is -1.62. The van der Waals surface area contributed by atoms with Gasteiger partial charge in [0.15, 0.2) is 0 Å². The van der Waals surface area contributed by atoms with Gasteiger partial charge in [-0.3, -0.25) is 4.79 Å². The standard InChI is InChI=1S/C12H17N3O2/c1-12(2,17)9-5-8(9)11(16)15-7-3-4-10(13)14-6-7/h3-4,6,8-9,17H,5H2,1-2H3,(H2,13,14)(H,15,16)/t8-,9-/m1/s1. The lowest BCUT2D eigenvalue weighted by atomic mass is 10.0. The van der Waals surface area contributed by atoms with Crippen molar-refractivity contribution in [1.82, 2.24) is 4.98 Å². The van der Waals surface area contributed by atoms with Gasteiger partial charge in [-0.1, -0.05) is 0 Å². The van der Waals surface area contributed by atoms with E-state index in [4.69, 9.17) is 5.73 Å². The van der Waals surface area contributed by atoms with Crippen molar-refractivity contribution in [2.45, 2.75) is 25.9 Å². The molecule has 0 aliphatic heterocycles. The molecule has 1 fully saturated rings. The third-order valence-corrected chi connectivity index (χ3v) is 3.09. The quantitative estimate of drug-likeness (QED) is 0.729. The number of carbonyl (C=O) groups excluding carboxylic acids is 1. The highest BCUT2D eigenvalue weighted by Gasteiger charge is 2.50. The molecule has 1 aromatic rings. The Bertz CT molecular complexity index is 422. The summed E-state index contributed by atoms with van der Waals surface area (Å²) in [6.45, 7) is 3.46. The Kier molecular flexibility index (Phi) is 2.79. The van der Waals surface area contributed by atoms with Crippen molar-refractivity contribution in [3.05, 3.63) is 18.3 Å². The van der Waals surface area contributed by atoms with E-state index in [-0.39, 0.29) is 17.7 Å². The van der Waals surface area contributed by atoms with Crippen LogP contribution >= 0.6 is 0 Å². The van der Waals surface area contributed by atoms with Gasteiger partial charge in [-0.05, 0) is 38.3 Å². The van der Waals surface area contributed by atoms with E-state index in [0.717, 1.165) is 6.42 Å². The number of nitrogens with zero attached hydrogens (tertiary/aromatic N) is 1. The van der Waals surface area contributed by atoms with Crippen molar-refractivity contribution in [3.8, 4) is 0 Å². The van der Waals surface area contributed by atoms with E-state index < -0.39 is 5.60 Å². The van der Waals surface area contributed by atoms with Crippen molar-refractivity contribution in [2.75, 3.05) is 11.1 Å². The number of nitrogen functional groups attached to an aromatic ring is 1. The maximum Gasteiger partial charge on any atom is 0.227 e. The molecule has 2 rings (SSSR count). The molecule has 17 heavy (non-hydrogen) atoms. The van der Waals surface area contributed by atoms with E-state index in [9.17, 15) is 9.90 Å².